The summed E-state index contributed by atoms with van der Waals surface area (Å²) in [6.45, 7) is 0.680. The van der Waals surface area contributed by atoms with Gasteiger partial charge in [0, 0.05) is 5.56 Å². The van der Waals surface area contributed by atoms with Crippen molar-refractivity contribution in [1.29, 1.82) is 0 Å². The third-order valence-corrected chi connectivity index (χ3v) is 3.05. The molecule has 0 N–H and O–H groups in total. The van der Waals surface area contributed by atoms with Crippen molar-refractivity contribution in [2.75, 3.05) is 6.61 Å². The van der Waals surface area contributed by atoms with Gasteiger partial charge in [-0.05, 0) is 24.1 Å². The van der Waals surface area contributed by atoms with Gasteiger partial charge in [0.15, 0.2) is 0 Å². The standard InChI is InChI=1S/C16H15NO/c1-3-7-13(8-4-1)11-15-12-18-16(17-15)14-9-5-2-6-10-14/h1-10,15H,11-12H2/t15-/m0/s1. The molecule has 90 valence electrons. The molecule has 1 aliphatic rings. The molecular weight excluding hydrogens is 222 g/mol. The molecule has 1 aliphatic heterocycles. The zero-order chi connectivity index (χ0) is 12.2. The van der Waals surface area contributed by atoms with Crippen molar-refractivity contribution in [1.82, 2.24) is 0 Å². The molecule has 3 rings (SSSR count). The molecule has 2 nitrogen and oxygen atoms in total. The lowest BCUT2D eigenvalue weighted by Gasteiger charge is -2.03. The smallest absolute Gasteiger partial charge is 0.216 e. The number of hydrogen-bond donors (Lipinski definition) is 0. The van der Waals surface area contributed by atoms with Crippen LogP contribution in [-0.2, 0) is 11.2 Å². The fourth-order valence-electron chi connectivity index (χ4n) is 2.14. The monoisotopic (exact) mass is 237 g/mol. The normalized spacial score (nSPS) is 18.2. The van der Waals surface area contributed by atoms with E-state index in [0.717, 1.165) is 17.9 Å². The van der Waals surface area contributed by atoms with E-state index in [-0.39, 0.29) is 6.04 Å². The zero-order valence-electron chi connectivity index (χ0n) is 10.1. The minimum atomic E-state index is 0.239. The Kier molecular flexibility index (Phi) is 3.09. The van der Waals surface area contributed by atoms with E-state index in [4.69, 9.17) is 4.74 Å². The van der Waals surface area contributed by atoms with Crippen LogP contribution in [0.5, 0.6) is 0 Å². The van der Waals surface area contributed by atoms with E-state index >= 15 is 0 Å². The van der Waals surface area contributed by atoms with E-state index in [1.807, 2.05) is 36.4 Å². The molecule has 0 bridgehead atoms. The molecular formula is C16H15NO. The summed E-state index contributed by atoms with van der Waals surface area (Å²) in [7, 11) is 0. The minimum absolute atomic E-state index is 0.239. The molecule has 0 aromatic heterocycles. The SMILES string of the molecule is c1ccc(C[C@H]2COC(c3ccccc3)=N2)cc1. The van der Waals surface area contributed by atoms with Crippen molar-refractivity contribution < 1.29 is 4.74 Å². The minimum Gasteiger partial charge on any atom is -0.475 e. The van der Waals surface area contributed by atoms with Gasteiger partial charge in [-0.3, -0.25) is 0 Å². The second-order valence-electron chi connectivity index (χ2n) is 4.45. The summed E-state index contributed by atoms with van der Waals surface area (Å²) in [5.41, 5.74) is 2.37. The number of aliphatic imine (C=N–C) groups is 1. The van der Waals surface area contributed by atoms with Gasteiger partial charge in [-0.1, -0.05) is 48.5 Å². The van der Waals surface area contributed by atoms with E-state index < -0.39 is 0 Å². The molecule has 1 heterocycles. The largest absolute Gasteiger partial charge is 0.475 e. The van der Waals surface area contributed by atoms with Gasteiger partial charge in [-0.15, -0.1) is 0 Å². The summed E-state index contributed by atoms with van der Waals surface area (Å²) < 4.78 is 5.67. The summed E-state index contributed by atoms with van der Waals surface area (Å²) in [5, 5.41) is 0. The molecule has 1 atom stereocenters. The molecule has 2 heteroatoms. The van der Waals surface area contributed by atoms with Crippen molar-refractivity contribution >= 4 is 5.90 Å². The van der Waals surface area contributed by atoms with Crippen LogP contribution in [0.25, 0.3) is 0 Å². The molecule has 0 amide bonds. The first-order chi connectivity index (χ1) is 8.92. The maximum atomic E-state index is 5.67. The summed E-state index contributed by atoms with van der Waals surface area (Å²) in [6.07, 6.45) is 0.942. The predicted molar refractivity (Wildman–Crippen MR) is 72.9 cm³/mol. The number of benzene rings is 2. The Morgan fingerprint density at radius 3 is 2.33 bits per heavy atom. The fourth-order valence-corrected chi connectivity index (χ4v) is 2.14. The maximum Gasteiger partial charge on any atom is 0.216 e. The Bertz CT molecular complexity index is 534. The molecule has 0 spiro atoms. The van der Waals surface area contributed by atoms with Gasteiger partial charge in [0.2, 0.25) is 5.90 Å². The molecule has 2 aromatic carbocycles. The van der Waals surface area contributed by atoms with Crippen molar-refractivity contribution in [3.8, 4) is 0 Å². The van der Waals surface area contributed by atoms with E-state index in [0.29, 0.717) is 6.61 Å². The summed E-state index contributed by atoms with van der Waals surface area (Å²) in [4.78, 5) is 4.65. The van der Waals surface area contributed by atoms with Gasteiger partial charge in [0.1, 0.15) is 6.61 Å². The van der Waals surface area contributed by atoms with Crippen molar-refractivity contribution in [2.24, 2.45) is 4.99 Å². The number of ether oxygens (including phenoxy) is 1. The third-order valence-electron chi connectivity index (χ3n) is 3.05. The quantitative estimate of drug-likeness (QED) is 0.804. The van der Waals surface area contributed by atoms with Crippen LogP contribution >= 0.6 is 0 Å². The molecule has 0 saturated heterocycles. The Hall–Kier alpha value is -2.09. The van der Waals surface area contributed by atoms with Crippen LogP contribution < -0.4 is 0 Å². The van der Waals surface area contributed by atoms with Gasteiger partial charge >= 0.3 is 0 Å². The van der Waals surface area contributed by atoms with E-state index in [1.54, 1.807) is 0 Å². The molecule has 0 saturated carbocycles. The molecule has 0 unspecified atom stereocenters. The lowest BCUT2D eigenvalue weighted by Crippen LogP contribution is -2.09. The van der Waals surface area contributed by atoms with Crippen molar-refractivity contribution in [3.63, 3.8) is 0 Å². The molecule has 0 radical (unpaired) electrons. The topological polar surface area (TPSA) is 21.6 Å². The van der Waals surface area contributed by atoms with Crippen LogP contribution in [0.4, 0.5) is 0 Å². The van der Waals surface area contributed by atoms with Crippen LogP contribution in [-0.4, -0.2) is 18.5 Å². The summed E-state index contributed by atoms with van der Waals surface area (Å²) in [5.74, 6) is 0.775. The van der Waals surface area contributed by atoms with Crippen molar-refractivity contribution in [3.05, 3.63) is 71.8 Å². The number of nitrogens with zero attached hydrogens (tertiary/aromatic N) is 1. The molecule has 2 aromatic rings. The van der Waals surface area contributed by atoms with E-state index in [2.05, 4.69) is 29.3 Å². The van der Waals surface area contributed by atoms with Gasteiger partial charge in [-0.25, -0.2) is 4.99 Å². The second kappa shape index (κ2) is 5.05. The highest BCUT2D eigenvalue weighted by atomic mass is 16.5. The van der Waals surface area contributed by atoms with Crippen LogP contribution in [0.15, 0.2) is 65.7 Å². The van der Waals surface area contributed by atoms with E-state index in [9.17, 15) is 0 Å². The first-order valence-electron chi connectivity index (χ1n) is 6.22. The average molecular weight is 237 g/mol. The Morgan fingerprint density at radius 1 is 0.944 bits per heavy atom. The van der Waals surface area contributed by atoms with Gasteiger partial charge in [-0.2, -0.15) is 0 Å². The number of rotatable bonds is 3. The van der Waals surface area contributed by atoms with Gasteiger partial charge < -0.3 is 4.74 Å². The third kappa shape index (κ3) is 2.43. The lowest BCUT2D eigenvalue weighted by molar-refractivity contribution is 0.317. The van der Waals surface area contributed by atoms with Crippen LogP contribution in [0.2, 0.25) is 0 Å². The van der Waals surface area contributed by atoms with Crippen LogP contribution in [0, 0.1) is 0 Å². The molecule has 0 fully saturated rings. The first kappa shape index (κ1) is 11.0. The highest BCUT2D eigenvalue weighted by Crippen LogP contribution is 2.15. The average Bonchev–Trinajstić information content (AvgIpc) is 2.89. The Labute approximate surface area is 107 Å². The molecule has 18 heavy (non-hydrogen) atoms. The van der Waals surface area contributed by atoms with Gasteiger partial charge in [0.05, 0.1) is 6.04 Å². The van der Waals surface area contributed by atoms with E-state index in [1.165, 1.54) is 5.56 Å². The maximum absolute atomic E-state index is 5.67. The molecule has 0 aliphatic carbocycles. The Morgan fingerprint density at radius 2 is 1.61 bits per heavy atom. The predicted octanol–water partition coefficient (Wildman–Crippen LogP) is 3.07. The number of hydrogen-bond acceptors (Lipinski definition) is 2. The lowest BCUT2D eigenvalue weighted by atomic mass is 10.1. The Balaban J connectivity index is 1.73. The first-order valence-corrected chi connectivity index (χ1v) is 6.22. The van der Waals surface area contributed by atoms with Crippen LogP contribution in [0.1, 0.15) is 11.1 Å². The summed E-state index contributed by atoms with van der Waals surface area (Å²) >= 11 is 0. The fraction of sp³-hybridized carbons (Fsp3) is 0.188. The van der Waals surface area contributed by atoms with Crippen LogP contribution in [0.3, 0.4) is 0 Å². The zero-order valence-corrected chi connectivity index (χ0v) is 10.1. The highest BCUT2D eigenvalue weighted by molar-refractivity contribution is 5.95. The highest BCUT2D eigenvalue weighted by Gasteiger charge is 2.19. The van der Waals surface area contributed by atoms with Crippen molar-refractivity contribution in [2.45, 2.75) is 12.5 Å². The second-order valence-corrected chi connectivity index (χ2v) is 4.45. The van der Waals surface area contributed by atoms with Gasteiger partial charge in [0.25, 0.3) is 0 Å². The summed E-state index contributed by atoms with van der Waals surface area (Å²) in [6, 6.07) is 20.7.